The van der Waals surface area contributed by atoms with E-state index in [1.165, 1.54) is 4.90 Å². The molecule has 0 aliphatic carbocycles. The van der Waals surface area contributed by atoms with Crippen LogP contribution in [0.1, 0.15) is 25.2 Å². The van der Waals surface area contributed by atoms with Crippen LogP contribution in [0.4, 0.5) is 5.69 Å². The van der Waals surface area contributed by atoms with Gasteiger partial charge >= 0.3 is 0 Å². The number of hydrogen-bond acceptors (Lipinski definition) is 6. The molecule has 0 unspecified atom stereocenters. The number of hydrogen-bond donors (Lipinski definition) is 1. The number of nitrogens with one attached hydrogen (secondary N) is 1. The molecule has 4 heterocycles. The highest BCUT2D eigenvalue weighted by Gasteiger charge is 2.70. The number of benzene rings is 3. The number of ether oxygens (including phenoxy) is 1. The molecular formula is C30H26N4O4. The summed E-state index contributed by atoms with van der Waals surface area (Å²) in [6, 6.07) is 21.5. The summed E-state index contributed by atoms with van der Waals surface area (Å²) < 4.78 is 6.99. The Labute approximate surface area is 218 Å². The molecule has 2 amide bonds. The molecule has 3 aliphatic rings. The first-order chi connectivity index (χ1) is 18.4. The number of fused-ring (bicyclic) bond motifs is 8. The zero-order chi connectivity index (χ0) is 26.3. The summed E-state index contributed by atoms with van der Waals surface area (Å²) in [6.07, 6.45) is 0. The molecule has 4 aromatic rings. The molecule has 3 aromatic carbocycles. The number of nitrogens with zero attached hydrogens (tertiary/aromatic N) is 3. The Bertz CT molecular complexity index is 1730. The first kappa shape index (κ1) is 22.9. The van der Waals surface area contributed by atoms with Crippen molar-refractivity contribution in [3.05, 3.63) is 94.5 Å². The van der Waals surface area contributed by atoms with Gasteiger partial charge in [0.1, 0.15) is 17.1 Å². The summed E-state index contributed by atoms with van der Waals surface area (Å²) in [5, 5.41) is 4.22. The molecular weight excluding hydrogens is 480 g/mol. The summed E-state index contributed by atoms with van der Waals surface area (Å²) in [5.74, 6) is -0.922. The van der Waals surface area contributed by atoms with Crippen LogP contribution in [-0.4, -0.2) is 34.5 Å². The minimum Gasteiger partial charge on any atom is -0.497 e. The van der Waals surface area contributed by atoms with Gasteiger partial charge in [-0.05, 0) is 36.2 Å². The van der Waals surface area contributed by atoms with Gasteiger partial charge in [-0.25, -0.2) is 9.88 Å². The Morgan fingerprint density at radius 3 is 2.50 bits per heavy atom. The van der Waals surface area contributed by atoms with Crippen molar-refractivity contribution in [3.63, 3.8) is 0 Å². The Kier molecular flexibility index (Phi) is 4.72. The summed E-state index contributed by atoms with van der Waals surface area (Å²) >= 11 is 0. The van der Waals surface area contributed by atoms with E-state index < -0.39 is 17.4 Å². The Hall–Kier alpha value is -4.30. The van der Waals surface area contributed by atoms with Crippen molar-refractivity contribution < 1.29 is 14.3 Å². The molecule has 7 rings (SSSR count). The number of methoxy groups -OCH3 is 1. The molecule has 2 fully saturated rings. The molecule has 0 radical (unpaired) electrons. The first-order valence-electron chi connectivity index (χ1n) is 12.8. The van der Waals surface area contributed by atoms with Gasteiger partial charge in [0.25, 0.3) is 5.56 Å². The maximum Gasteiger partial charge on any atom is 0.266 e. The second kappa shape index (κ2) is 7.85. The number of imide groups is 1. The average Bonchev–Trinajstić information content (AvgIpc) is 3.52. The van der Waals surface area contributed by atoms with Crippen molar-refractivity contribution in [2.24, 2.45) is 17.8 Å². The maximum atomic E-state index is 14.4. The lowest BCUT2D eigenvalue weighted by atomic mass is 9.75. The van der Waals surface area contributed by atoms with Gasteiger partial charge in [0.15, 0.2) is 0 Å². The predicted molar refractivity (Wildman–Crippen MR) is 142 cm³/mol. The average molecular weight is 507 g/mol. The zero-order valence-electron chi connectivity index (χ0n) is 21.2. The van der Waals surface area contributed by atoms with Crippen LogP contribution in [0.5, 0.6) is 5.75 Å². The number of anilines is 1. The topological polar surface area (TPSA) is 93.5 Å². The molecule has 3 aliphatic heterocycles. The highest BCUT2D eigenvalue weighted by molar-refractivity contribution is 6.23. The van der Waals surface area contributed by atoms with Crippen LogP contribution in [-0.2, 0) is 15.1 Å². The van der Waals surface area contributed by atoms with Crippen LogP contribution in [0.3, 0.4) is 0 Å². The summed E-state index contributed by atoms with van der Waals surface area (Å²) in [6.45, 7) is 4.09. The molecule has 190 valence electrons. The smallest absolute Gasteiger partial charge is 0.266 e. The highest BCUT2D eigenvalue weighted by atomic mass is 16.5. The van der Waals surface area contributed by atoms with Crippen molar-refractivity contribution in [2.75, 3.05) is 12.0 Å². The number of para-hydroxylation sites is 2. The standard InChI is InChI=1S/C30H26N4O4/c1-16(2)25-23-24(28(37)33(27(23)36)17-9-8-10-18(15-17)38-3)30(32-25)20-12-5-7-14-22(20)34-26(35)19-11-4-6-13-21(19)31-29(30)34/h4-16,23-25,32H,1-3H3/t23-,24+,25-,30+/m0/s1. The van der Waals surface area contributed by atoms with E-state index >= 15 is 0 Å². The third-order valence-electron chi connectivity index (χ3n) is 8.33. The quantitative estimate of drug-likeness (QED) is 0.428. The fourth-order valence-corrected chi connectivity index (χ4v) is 6.73. The maximum absolute atomic E-state index is 14.4. The van der Waals surface area contributed by atoms with Gasteiger partial charge in [0.05, 0.1) is 41.2 Å². The van der Waals surface area contributed by atoms with Crippen LogP contribution in [0.25, 0.3) is 16.6 Å². The fraction of sp³-hybridized carbons (Fsp3) is 0.267. The second-order valence-electron chi connectivity index (χ2n) is 10.5. The lowest BCUT2D eigenvalue weighted by Gasteiger charge is -2.32. The number of carbonyl (C=O) groups is 2. The van der Waals surface area contributed by atoms with Crippen molar-refractivity contribution in [3.8, 4) is 11.4 Å². The zero-order valence-corrected chi connectivity index (χ0v) is 21.2. The monoisotopic (exact) mass is 506 g/mol. The van der Waals surface area contributed by atoms with E-state index in [9.17, 15) is 14.4 Å². The molecule has 8 nitrogen and oxygen atoms in total. The van der Waals surface area contributed by atoms with Gasteiger partial charge < -0.3 is 4.74 Å². The van der Waals surface area contributed by atoms with Gasteiger partial charge in [-0.3, -0.25) is 24.3 Å². The third kappa shape index (κ3) is 2.73. The molecule has 8 heteroatoms. The van der Waals surface area contributed by atoms with E-state index in [1.807, 2.05) is 56.3 Å². The third-order valence-corrected chi connectivity index (χ3v) is 8.33. The van der Waals surface area contributed by atoms with E-state index in [0.717, 1.165) is 5.56 Å². The summed E-state index contributed by atoms with van der Waals surface area (Å²) in [4.78, 5) is 48.6. The van der Waals surface area contributed by atoms with Gasteiger partial charge in [0.2, 0.25) is 11.8 Å². The van der Waals surface area contributed by atoms with Gasteiger partial charge in [-0.2, -0.15) is 0 Å². The Morgan fingerprint density at radius 1 is 0.947 bits per heavy atom. The molecule has 2 saturated heterocycles. The van der Waals surface area contributed by atoms with Gasteiger partial charge in [0, 0.05) is 17.7 Å². The number of rotatable bonds is 3. The molecule has 38 heavy (non-hydrogen) atoms. The van der Waals surface area contributed by atoms with Crippen LogP contribution < -0.4 is 20.5 Å². The second-order valence-corrected chi connectivity index (χ2v) is 10.5. The van der Waals surface area contributed by atoms with Crippen LogP contribution in [0.15, 0.2) is 77.6 Å². The molecule has 1 spiro atoms. The van der Waals surface area contributed by atoms with E-state index in [4.69, 9.17) is 9.72 Å². The summed E-state index contributed by atoms with van der Waals surface area (Å²) in [7, 11) is 1.55. The SMILES string of the molecule is COc1cccc(N2C(=O)[C@@H]3[C@H](C(C)C)N[C@]4(c5ccccc5-n5c4nc4ccccc4c5=O)[C@H]3C2=O)c1. The van der Waals surface area contributed by atoms with Crippen molar-refractivity contribution >= 4 is 28.4 Å². The van der Waals surface area contributed by atoms with Crippen LogP contribution in [0, 0.1) is 17.8 Å². The lowest BCUT2D eigenvalue weighted by Crippen LogP contribution is -2.51. The van der Waals surface area contributed by atoms with Gasteiger partial charge in [-0.1, -0.05) is 50.2 Å². The van der Waals surface area contributed by atoms with Crippen LogP contribution >= 0.6 is 0 Å². The van der Waals surface area contributed by atoms with E-state index in [0.29, 0.717) is 33.9 Å². The minimum absolute atomic E-state index is 0.0391. The van der Waals surface area contributed by atoms with Crippen molar-refractivity contribution in [1.29, 1.82) is 0 Å². The molecule has 1 N–H and O–H groups in total. The van der Waals surface area contributed by atoms with E-state index in [2.05, 4.69) is 5.32 Å². The molecule has 1 aromatic heterocycles. The van der Waals surface area contributed by atoms with Crippen molar-refractivity contribution in [1.82, 2.24) is 14.9 Å². The fourth-order valence-electron chi connectivity index (χ4n) is 6.73. The van der Waals surface area contributed by atoms with Crippen LogP contribution in [0.2, 0.25) is 0 Å². The van der Waals surface area contributed by atoms with E-state index in [1.54, 1.807) is 42.0 Å². The number of aromatic nitrogens is 2. The van der Waals surface area contributed by atoms with Crippen molar-refractivity contribution in [2.45, 2.75) is 25.4 Å². The highest BCUT2D eigenvalue weighted by Crippen LogP contribution is 2.56. The lowest BCUT2D eigenvalue weighted by molar-refractivity contribution is -0.123. The van der Waals surface area contributed by atoms with E-state index in [-0.39, 0.29) is 29.3 Å². The minimum atomic E-state index is -1.14. The largest absolute Gasteiger partial charge is 0.497 e. The number of carbonyl (C=O) groups excluding carboxylic acids is 2. The Morgan fingerprint density at radius 2 is 1.71 bits per heavy atom. The molecule has 0 bridgehead atoms. The Balaban J connectivity index is 1.52. The normalized spacial score (nSPS) is 25.4. The summed E-state index contributed by atoms with van der Waals surface area (Å²) in [5.41, 5.74) is 1.17. The van der Waals surface area contributed by atoms with Gasteiger partial charge in [-0.15, -0.1) is 0 Å². The first-order valence-corrected chi connectivity index (χ1v) is 12.8. The molecule has 0 saturated carbocycles. The predicted octanol–water partition coefficient (Wildman–Crippen LogP) is 3.38. The number of amides is 2. The molecule has 4 atom stereocenters.